The van der Waals surface area contributed by atoms with E-state index in [0.29, 0.717) is 6.54 Å². The van der Waals surface area contributed by atoms with Crippen LogP contribution in [0.2, 0.25) is 0 Å². The van der Waals surface area contributed by atoms with Gasteiger partial charge in [0.05, 0.1) is 5.54 Å². The third-order valence-corrected chi connectivity index (χ3v) is 5.07. The molecular weight excluding hydrogens is 278 g/mol. The maximum atomic E-state index is 12.4. The number of amides is 3. The fourth-order valence-corrected chi connectivity index (χ4v) is 3.91. The lowest BCUT2D eigenvalue weighted by Crippen LogP contribution is -2.57. The van der Waals surface area contributed by atoms with E-state index in [4.69, 9.17) is 0 Å². The van der Waals surface area contributed by atoms with Gasteiger partial charge in [-0.3, -0.25) is 4.79 Å². The lowest BCUT2D eigenvalue weighted by atomic mass is 9.75. The summed E-state index contributed by atoms with van der Waals surface area (Å²) in [6, 6.07) is -0.0289. The van der Waals surface area contributed by atoms with Gasteiger partial charge in [0.15, 0.2) is 0 Å². The van der Waals surface area contributed by atoms with Crippen molar-refractivity contribution in [3.8, 4) is 0 Å². The monoisotopic (exact) mass is 303 g/mol. The molecule has 2 fully saturated rings. The number of rotatable bonds is 2. The Bertz CT molecular complexity index is 536. The fourth-order valence-electron chi connectivity index (χ4n) is 3.91. The molecule has 0 aromatic heterocycles. The second-order valence-electron chi connectivity index (χ2n) is 6.87. The quantitative estimate of drug-likeness (QED) is 0.767. The molecule has 3 aliphatic rings. The number of fused-ring (bicyclic) bond motifs is 2. The van der Waals surface area contributed by atoms with Gasteiger partial charge in [-0.1, -0.05) is 0 Å². The van der Waals surface area contributed by atoms with E-state index in [1.54, 1.807) is 6.92 Å². The molecule has 3 amide bonds. The topological polar surface area (TPSA) is 61.4 Å². The zero-order valence-electron chi connectivity index (χ0n) is 13.3. The second-order valence-corrected chi connectivity index (χ2v) is 6.87. The van der Waals surface area contributed by atoms with E-state index in [0.717, 1.165) is 51.5 Å². The average Bonchev–Trinajstić information content (AvgIpc) is 2.47. The largest absolute Gasteiger partial charge is 0.341 e. The van der Waals surface area contributed by atoms with E-state index in [2.05, 4.69) is 22.4 Å². The summed E-state index contributed by atoms with van der Waals surface area (Å²) in [5.41, 5.74) is 4.54. The molecule has 0 radical (unpaired) electrons. The summed E-state index contributed by atoms with van der Waals surface area (Å²) >= 11 is 0. The zero-order chi connectivity index (χ0) is 15.6. The lowest BCUT2D eigenvalue weighted by molar-refractivity contribution is -0.130. The van der Waals surface area contributed by atoms with E-state index in [1.807, 2.05) is 4.90 Å². The third kappa shape index (κ3) is 3.36. The Morgan fingerprint density at radius 3 is 3.09 bits per heavy atom. The zero-order valence-corrected chi connectivity index (χ0v) is 13.3. The van der Waals surface area contributed by atoms with Crippen LogP contribution in [0, 0.1) is 0 Å². The Hall–Kier alpha value is -1.74. The van der Waals surface area contributed by atoms with Crippen molar-refractivity contribution in [3.63, 3.8) is 0 Å². The van der Waals surface area contributed by atoms with Crippen LogP contribution in [-0.2, 0) is 4.79 Å². The molecule has 2 N–H and O–H groups in total. The van der Waals surface area contributed by atoms with E-state index < -0.39 is 0 Å². The summed E-state index contributed by atoms with van der Waals surface area (Å²) in [4.78, 5) is 25.7. The summed E-state index contributed by atoms with van der Waals surface area (Å²) in [6.45, 7) is 3.02. The summed E-state index contributed by atoms with van der Waals surface area (Å²) in [5, 5.41) is 6.27. The molecule has 1 heterocycles. The highest BCUT2D eigenvalue weighted by molar-refractivity contribution is 5.76. The van der Waals surface area contributed by atoms with Crippen molar-refractivity contribution in [2.45, 2.75) is 63.5 Å². The molecule has 120 valence electrons. The number of nitrogens with zero attached hydrogens (tertiary/aromatic N) is 1. The standard InChI is InChI=1S/C17H25N3O2/c1-13(21)20-10-4-7-15(12-20)18-16(22)19-17-8-2-5-14(11-17)6-3-9-17/h2,15H,3-4,6-12H2,1H3,(H2,18,19,22). The second kappa shape index (κ2) is 6.17. The number of piperidine rings is 1. The van der Waals surface area contributed by atoms with Crippen molar-refractivity contribution >= 4 is 11.9 Å². The number of carbonyl (C=O) groups excluding carboxylic acids is 2. The summed E-state index contributed by atoms with van der Waals surface area (Å²) in [6.07, 6.45) is 9.02. The highest BCUT2D eigenvalue weighted by Crippen LogP contribution is 2.36. The molecule has 5 nitrogen and oxygen atoms in total. The number of carbonyl (C=O) groups is 2. The Morgan fingerprint density at radius 2 is 2.27 bits per heavy atom. The first-order valence-electron chi connectivity index (χ1n) is 8.33. The van der Waals surface area contributed by atoms with E-state index in [-0.39, 0.29) is 23.5 Å². The normalized spacial score (nSPS) is 30.5. The molecule has 22 heavy (non-hydrogen) atoms. The predicted molar refractivity (Wildman–Crippen MR) is 84.4 cm³/mol. The molecule has 1 aliphatic heterocycles. The summed E-state index contributed by atoms with van der Waals surface area (Å²) in [5.74, 6) is 0.0879. The summed E-state index contributed by atoms with van der Waals surface area (Å²) < 4.78 is 0. The average molecular weight is 303 g/mol. The molecule has 0 aromatic rings. The van der Waals surface area contributed by atoms with Crippen molar-refractivity contribution in [1.82, 2.24) is 15.5 Å². The van der Waals surface area contributed by atoms with Gasteiger partial charge < -0.3 is 15.5 Å². The lowest BCUT2D eigenvalue weighted by Gasteiger charge is -2.40. The molecule has 0 spiro atoms. The van der Waals surface area contributed by atoms with E-state index in [9.17, 15) is 9.59 Å². The predicted octanol–water partition coefficient (Wildman–Crippen LogP) is 2.09. The number of likely N-dealkylation sites (tertiary alicyclic amines) is 1. The first-order chi connectivity index (χ1) is 10.6. The van der Waals surface area contributed by atoms with Crippen LogP contribution >= 0.6 is 0 Å². The van der Waals surface area contributed by atoms with Gasteiger partial charge in [-0.15, -0.1) is 5.73 Å². The molecule has 2 aliphatic carbocycles. The first kappa shape index (κ1) is 15.2. The van der Waals surface area contributed by atoms with Gasteiger partial charge in [-0.2, -0.15) is 0 Å². The van der Waals surface area contributed by atoms with Crippen molar-refractivity contribution < 1.29 is 9.59 Å². The fraction of sp³-hybridized carbons (Fsp3) is 0.706. The molecule has 3 rings (SSSR count). The van der Waals surface area contributed by atoms with Crippen LogP contribution in [0.1, 0.15) is 51.9 Å². The van der Waals surface area contributed by atoms with Crippen molar-refractivity contribution in [1.29, 1.82) is 0 Å². The van der Waals surface area contributed by atoms with Gasteiger partial charge in [-0.25, -0.2) is 4.79 Å². The van der Waals surface area contributed by atoms with Crippen molar-refractivity contribution in [2.75, 3.05) is 13.1 Å². The van der Waals surface area contributed by atoms with Crippen LogP contribution in [-0.4, -0.2) is 41.5 Å². The van der Waals surface area contributed by atoms with Crippen molar-refractivity contribution in [2.24, 2.45) is 0 Å². The number of nitrogens with one attached hydrogen (secondary N) is 2. The Labute approximate surface area is 131 Å². The maximum Gasteiger partial charge on any atom is 0.315 e. The van der Waals surface area contributed by atoms with Crippen LogP contribution in [0.4, 0.5) is 4.79 Å². The van der Waals surface area contributed by atoms with Gasteiger partial charge >= 0.3 is 6.03 Å². The van der Waals surface area contributed by atoms with Crippen LogP contribution < -0.4 is 10.6 Å². The summed E-state index contributed by atoms with van der Waals surface area (Å²) in [7, 11) is 0. The van der Waals surface area contributed by atoms with Gasteiger partial charge in [0.2, 0.25) is 5.91 Å². The van der Waals surface area contributed by atoms with Crippen LogP contribution in [0.25, 0.3) is 0 Å². The highest BCUT2D eigenvalue weighted by atomic mass is 16.2. The van der Waals surface area contributed by atoms with Gasteiger partial charge in [0.25, 0.3) is 0 Å². The van der Waals surface area contributed by atoms with E-state index >= 15 is 0 Å². The Balaban J connectivity index is 1.54. The van der Waals surface area contributed by atoms with Crippen LogP contribution in [0.15, 0.2) is 17.4 Å². The number of hydrogen-bond acceptors (Lipinski definition) is 2. The Morgan fingerprint density at radius 1 is 1.41 bits per heavy atom. The molecule has 2 bridgehead atoms. The minimum Gasteiger partial charge on any atom is -0.341 e. The molecule has 1 saturated carbocycles. The molecule has 2 unspecified atom stereocenters. The van der Waals surface area contributed by atoms with Crippen LogP contribution in [0.3, 0.4) is 0 Å². The van der Waals surface area contributed by atoms with E-state index in [1.165, 1.54) is 5.57 Å². The van der Waals surface area contributed by atoms with Gasteiger partial charge in [0.1, 0.15) is 0 Å². The highest BCUT2D eigenvalue weighted by Gasteiger charge is 2.36. The van der Waals surface area contributed by atoms with Crippen LogP contribution in [0.5, 0.6) is 0 Å². The van der Waals surface area contributed by atoms with Gasteiger partial charge in [-0.05, 0) is 56.6 Å². The molecule has 1 saturated heterocycles. The number of urea groups is 1. The molecule has 0 aromatic carbocycles. The minimum absolute atomic E-state index is 0.0618. The Kier molecular flexibility index (Phi) is 4.25. The smallest absolute Gasteiger partial charge is 0.315 e. The van der Waals surface area contributed by atoms with Gasteiger partial charge in [0, 0.05) is 26.1 Å². The molecule has 2 atom stereocenters. The number of hydrogen-bond donors (Lipinski definition) is 2. The molecule has 5 heteroatoms. The first-order valence-corrected chi connectivity index (χ1v) is 8.33. The third-order valence-electron chi connectivity index (χ3n) is 5.07. The SMILES string of the molecule is CC(=O)N1CCCC(NC(=O)NC23CC=C=C(CCC2)C3)C1. The molecular formula is C17H25N3O2. The maximum absolute atomic E-state index is 12.4. The minimum atomic E-state index is -0.113. The van der Waals surface area contributed by atoms with Crippen molar-refractivity contribution in [3.05, 3.63) is 17.4 Å².